The molecule has 0 spiro atoms. The molecule has 2 N–H and O–H groups in total. The molecule has 134 valence electrons. The number of carbonyl (C=O) groups excluding carboxylic acids is 1. The summed E-state index contributed by atoms with van der Waals surface area (Å²) >= 11 is 0. The standard InChI is InChI=1S/C24H21NO2/c25-20-10-3-8-18(14-20)19-9-5-12-22(15-19)27-24-16-21(26)11-4-7-17-6-1-2-13-23(17)24/h1-3,5-6,8-10,12-16H,4,7,11,25H2. The van der Waals surface area contributed by atoms with E-state index >= 15 is 0 Å². The number of carbonyl (C=O) groups is 1. The lowest BCUT2D eigenvalue weighted by Gasteiger charge is -2.17. The van der Waals surface area contributed by atoms with Gasteiger partial charge in [-0.05, 0) is 53.8 Å². The molecule has 0 radical (unpaired) electrons. The minimum Gasteiger partial charge on any atom is -0.457 e. The first-order valence-corrected chi connectivity index (χ1v) is 9.16. The highest BCUT2D eigenvalue weighted by molar-refractivity contribution is 5.96. The maximum Gasteiger partial charge on any atom is 0.159 e. The molecular weight excluding hydrogens is 334 g/mol. The van der Waals surface area contributed by atoms with Gasteiger partial charge in [0, 0.05) is 23.7 Å². The van der Waals surface area contributed by atoms with Crippen LogP contribution in [0.25, 0.3) is 16.9 Å². The van der Waals surface area contributed by atoms with Crippen molar-refractivity contribution in [1.29, 1.82) is 0 Å². The molecule has 0 unspecified atom stereocenters. The lowest BCUT2D eigenvalue weighted by atomic mass is 9.96. The van der Waals surface area contributed by atoms with E-state index in [0.717, 1.165) is 35.2 Å². The van der Waals surface area contributed by atoms with E-state index in [1.807, 2.05) is 66.7 Å². The van der Waals surface area contributed by atoms with Gasteiger partial charge in [0.25, 0.3) is 0 Å². The summed E-state index contributed by atoms with van der Waals surface area (Å²) in [5.41, 5.74) is 10.9. The van der Waals surface area contributed by atoms with Gasteiger partial charge in [-0.15, -0.1) is 0 Å². The highest BCUT2D eigenvalue weighted by Crippen LogP contribution is 2.30. The number of benzene rings is 3. The largest absolute Gasteiger partial charge is 0.457 e. The van der Waals surface area contributed by atoms with Gasteiger partial charge < -0.3 is 10.5 Å². The maximum absolute atomic E-state index is 12.2. The van der Waals surface area contributed by atoms with Crippen LogP contribution in [0.5, 0.6) is 5.75 Å². The molecule has 0 bridgehead atoms. The van der Waals surface area contributed by atoms with Gasteiger partial charge in [-0.3, -0.25) is 4.79 Å². The molecule has 0 aromatic heterocycles. The Balaban J connectivity index is 1.70. The van der Waals surface area contributed by atoms with Gasteiger partial charge in [-0.25, -0.2) is 0 Å². The zero-order chi connectivity index (χ0) is 18.6. The van der Waals surface area contributed by atoms with E-state index in [0.29, 0.717) is 17.9 Å². The topological polar surface area (TPSA) is 52.3 Å². The van der Waals surface area contributed by atoms with Crippen LogP contribution >= 0.6 is 0 Å². The predicted octanol–water partition coefficient (Wildman–Crippen LogP) is 5.26. The monoisotopic (exact) mass is 355 g/mol. The average Bonchev–Trinajstić information content (AvgIpc) is 2.67. The third-order valence-corrected chi connectivity index (χ3v) is 4.73. The van der Waals surface area contributed by atoms with E-state index in [4.69, 9.17) is 10.5 Å². The lowest BCUT2D eigenvalue weighted by Crippen LogP contribution is -2.07. The highest BCUT2D eigenvalue weighted by Gasteiger charge is 2.15. The molecule has 3 nitrogen and oxygen atoms in total. The van der Waals surface area contributed by atoms with Gasteiger partial charge in [0.15, 0.2) is 5.78 Å². The van der Waals surface area contributed by atoms with Crippen LogP contribution in [0.4, 0.5) is 5.69 Å². The van der Waals surface area contributed by atoms with Crippen LogP contribution in [0.2, 0.25) is 0 Å². The molecule has 3 aromatic rings. The summed E-state index contributed by atoms with van der Waals surface area (Å²) in [5.74, 6) is 1.41. The van der Waals surface area contributed by atoms with Gasteiger partial charge >= 0.3 is 0 Å². The van der Waals surface area contributed by atoms with Gasteiger partial charge in [-0.1, -0.05) is 48.5 Å². The summed E-state index contributed by atoms with van der Waals surface area (Å²) in [4.78, 5) is 12.2. The van der Waals surface area contributed by atoms with Crippen molar-refractivity contribution in [3.05, 3.63) is 90.0 Å². The Morgan fingerprint density at radius 2 is 1.59 bits per heavy atom. The van der Waals surface area contributed by atoms with Crippen molar-refractivity contribution in [2.45, 2.75) is 19.3 Å². The fourth-order valence-electron chi connectivity index (χ4n) is 3.40. The number of nitrogen functional groups attached to an aromatic ring is 1. The normalized spacial score (nSPS) is 13.9. The first-order valence-electron chi connectivity index (χ1n) is 9.16. The third-order valence-electron chi connectivity index (χ3n) is 4.73. The summed E-state index contributed by atoms with van der Waals surface area (Å²) in [6, 6.07) is 23.7. The zero-order valence-corrected chi connectivity index (χ0v) is 15.0. The molecule has 3 heteroatoms. The second-order valence-electron chi connectivity index (χ2n) is 6.74. The maximum atomic E-state index is 12.2. The van der Waals surface area contributed by atoms with E-state index in [2.05, 4.69) is 6.07 Å². The van der Waals surface area contributed by atoms with Crippen molar-refractivity contribution in [2.75, 3.05) is 5.73 Å². The molecule has 27 heavy (non-hydrogen) atoms. The highest BCUT2D eigenvalue weighted by atomic mass is 16.5. The van der Waals surface area contributed by atoms with Crippen LogP contribution in [-0.2, 0) is 11.2 Å². The summed E-state index contributed by atoms with van der Waals surface area (Å²) < 4.78 is 6.19. The van der Waals surface area contributed by atoms with Crippen molar-refractivity contribution < 1.29 is 9.53 Å². The lowest BCUT2D eigenvalue weighted by molar-refractivity contribution is -0.114. The Kier molecular flexibility index (Phi) is 4.75. The summed E-state index contributed by atoms with van der Waals surface area (Å²) in [6.45, 7) is 0. The number of hydrogen-bond acceptors (Lipinski definition) is 3. The Hall–Kier alpha value is -3.33. The summed E-state index contributed by atoms with van der Waals surface area (Å²) in [7, 11) is 0. The molecule has 0 saturated carbocycles. The van der Waals surface area contributed by atoms with Crippen LogP contribution < -0.4 is 10.5 Å². The summed E-state index contributed by atoms with van der Waals surface area (Å²) in [5, 5.41) is 0. The Morgan fingerprint density at radius 3 is 2.44 bits per heavy atom. The van der Waals surface area contributed by atoms with E-state index in [1.54, 1.807) is 6.08 Å². The molecule has 0 fully saturated rings. The number of allylic oxidation sites excluding steroid dienone is 1. The predicted molar refractivity (Wildman–Crippen MR) is 109 cm³/mol. The van der Waals surface area contributed by atoms with Crippen molar-refractivity contribution in [3.63, 3.8) is 0 Å². The molecule has 0 heterocycles. The first kappa shape index (κ1) is 17.1. The smallest absolute Gasteiger partial charge is 0.159 e. The molecule has 0 atom stereocenters. The first-order chi connectivity index (χ1) is 13.2. The second kappa shape index (κ2) is 7.50. The van der Waals surface area contributed by atoms with Crippen LogP contribution in [0.1, 0.15) is 24.0 Å². The van der Waals surface area contributed by atoms with E-state index < -0.39 is 0 Å². The SMILES string of the molecule is Nc1cccc(-c2cccc(OC3=CC(=O)CCCc4ccccc43)c2)c1. The van der Waals surface area contributed by atoms with Crippen molar-refractivity contribution in [3.8, 4) is 16.9 Å². The second-order valence-corrected chi connectivity index (χ2v) is 6.74. The molecular formula is C24H21NO2. The minimum absolute atomic E-state index is 0.103. The average molecular weight is 355 g/mol. The zero-order valence-electron chi connectivity index (χ0n) is 15.0. The van der Waals surface area contributed by atoms with Crippen molar-refractivity contribution in [1.82, 2.24) is 0 Å². The van der Waals surface area contributed by atoms with Gasteiger partial charge in [0.1, 0.15) is 11.5 Å². The Morgan fingerprint density at radius 1 is 0.815 bits per heavy atom. The van der Waals surface area contributed by atoms with Crippen LogP contribution in [0, 0.1) is 0 Å². The molecule has 3 aromatic carbocycles. The number of aryl methyl sites for hydroxylation is 1. The van der Waals surface area contributed by atoms with Gasteiger partial charge in [-0.2, -0.15) is 0 Å². The third kappa shape index (κ3) is 3.93. The Labute approximate surface area is 159 Å². The molecule has 4 rings (SSSR count). The van der Waals surface area contributed by atoms with Gasteiger partial charge in [0.05, 0.1) is 0 Å². The van der Waals surface area contributed by atoms with Crippen molar-refractivity contribution >= 4 is 17.2 Å². The number of hydrogen-bond donors (Lipinski definition) is 1. The molecule has 0 saturated heterocycles. The Bertz CT molecular complexity index is 1020. The quantitative estimate of drug-likeness (QED) is 0.652. The minimum atomic E-state index is 0.103. The molecule has 1 aliphatic carbocycles. The number of fused-ring (bicyclic) bond motifs is 1. The van der Waals surface area contributed by atoms with Crippen LogP contribution in [0.15, 0.2) is 78.9 Å². The number of nitrogens with two attached hydrogens (primary N) is 1. The number of anilines is 1. The van der Waals surface area contributed by atoms with E-state index in [-0.39, 0.29) is 5.78 Å². The fraction of sp³-hybridized carbons (Fsp3) is 0.125. The number of rotatable bonds is 3. The molecule has 0 aliphatic heterocycles. The van der Waals surface area contributed by atoms with E-state index in [9.17, 15) is 4.79 Å². The number of ketones is 1. The van der Waals surface area contributed by atoms with Crippen LogP contribution in [0.3, 0.4) is 0 Å². The van der Waals surface area contributed by atoms with Crippen LogP contribution in [-0.4, -0.2) is 5.78 Å². The number of ether oxygens (including phenoxy) is 1. The van der Waals surface area contributed by atoms with Crippen molar-refractivity contribution in [2.24, 2.45) is 0 Å². The fourth-order valence-corrected chi connectivity index (χ4v) is 3.40. The summed E-state index contributed by atoms with van der Waals surface area (Å²) in [6.07, 6.45) is 3.92. The molecule has 1 aliphatic rings. The van der Waals surface area contributed by atoms with E-state index in [1.165, 1.54) is 5.56 Å². The van der Waals surface area contributed by atoms with Gasteiger partial charge in [0.2, 0.25) is 0 Å². The molecule has 0 amide bonds.